The zero-order chi connectivity index (χ0) is 19.1. The minimum Gasteiger partial charge on any atom is -0.370 e. The minimum atomic E-state index is -0.369. The molecule has 0 spiro atoms. The number of piperazine rings is 1. The van der Waals surface area contributed by atoms with Crippen LogP contribution in [0.25, 0.3) is 0 Å². The smallest absolute Gasteiger partial charge is 0.269 e. The molecule has 0 aliphatic carbocycles. The van der Waals surface area contributed by atoms with E-state index in [4.69, 9.17) is 17.0 Å². The first-order valence-corrected chi connectivity index (χ1v) is 9.98. The van der Waals surface area contributed by atoms with Gasteiger partial charge in [-0.3, -0.25) is 10.1 Å². The Morgan fingerprint density at radius 3 is 2.48 bits per heavy atom. The zero-order valence-electron chi connectivity index (χ0n) is 15.6. The Morgan fingerprint density at radius 1 is 1.19 bits per heavy atom. The Kier molecular flexibility index (Phi) is 7.19. The van der Waals surface area contributed by atoms with Crippen molar-refractivity contribution in [1.29, 1.82) is 0 Å². The fraction of sp³-hybridized carbons (Fsp3) is 0.611. The molecule has 9 heteroatoms. The van der Waals surface area contributed by atoms with Crippen molar-refractivity contribution >= 4 is 28.7 Å². The third-order valence-electron chi connectivity index (χ3n) is 5.18. The van der Waals surface area contributed by atoms with Gasteiger partial charge in [0.25, 0.3) is 5.69 Å². The second-order valence-corrected chi connectivity index (χ2v) is 7.33. The van der Waals surface area contributed by atoms with Crippen molar-refractivity contribution in [2.75, 3.05) is 70.5 Å². The third kappa shape index (κ3) is 5.75. The standard InChI is InChI=1S/C18H27N5O3S/c24-23(25)17-4-2-16(3-5-17)21-8-10-22(11-9-21)18(27)19-6-1-7-20-12-14-26-15-13-20/h2-5H,1,6-15H2,(H,19,27)/p+1. The molecule has 0 aromatic heterocycles. The summed E-state index contributed by atoms with van der Waals surface area (Å²) >= 11 is 5.54. The zero-order valence-corrected chi connectivity index (χ0v) is 16.4. The highest BCUT2D eigenvalue weighted by atomic mass is 32.1. The Bertz CT molecular complexity index is 628. The highest BCUT2D eigenvalue weighted by Crippen LogP contribution is 2.20. The van der Waals surface area contributed by atoms with Gasteiger partial charge in [-0.1, -0.05) is 0 Å². The van der Waals surface area contributed by atoms with Crippen LogP contribution >= 0.6 is 12.2 Å². The highest BCUT2D eigenvalue weighted by Gasteiger charge is 2.20. The monoisotopic (exact) mass is 394 g/mol. The molecule has 2 aliphatic rings. The van der Waals surface area contributed by atoms with Gasteiger partial charge in [-0.2, -0.15) is 0 Å². The number of hydrogen-bond acceptors (Lipinski definition) is 5. The number of nitro benzene ring substituents is 1. The number of non-ortho nitro benzene ring substituents is 1. The van der Waals surface area contributed by atoms with Crippen LogP contribution in [0.1, 0.15) is 6.42 Å². The van der Waals surface area contributed by atoms with E-state index in [1.165, 1.54) is 0 Å². The van der Waals surface area contributed by atoms with Gasteiger partial charge in [-0.15, -0.1) is 0 Å². The summed E-state index contributed by atoms with van der Waals surface area (Å²) in [4.78, 5) is 16.5. The first-order chi connectivity index (χ1) is 13.1. The summed E-state index contributed by atoms with van der Waals surface area (Å²) in [5.41, 5.74) is 1.15. The number of benzene rings is 1. The van der Waals surface area contributed by atoms with Crippen LogP contribution in [-0.4, -0.2) is 80.5 Å². The Hall–Kier alpha value is -1.97. The quantitative estimate of drug-likeness (QED) is 0.302. The minimum absolute atomic E-state index is 0.127. The van der Waals surface area contributed by atoms with Gasteiger partial charge in [0, 0.05) is 57.0 Å². The summed E-state index contributed by atoms with van der Waals surface area (Å²) < 4.78 is 5.38. The fourth-order valence-corrected chi connectivity index (χ4v) is 3.79. The van der Waals surface area contributed by atoms with Gasteiger partial charge in [0.1, 0.15) is 13.1 Å². The van der Waals surface area contributed by atoms with E-state index in [1.807, 2.05) is 12.1 Å². The van der Waals surface area contributed by atoms with Crippen molar-refractivity contribution in [3.8, 4) is 0 Å². The summed E-state index contributed by atoms with van der Waals surface area (Å²) in [7, 11) is 0. The van der Waals surface area contributed by atoms with E-state index in [0.29, 0.717) is 0 Å². The molecule has 1 aromatic carbocycles. The largest absolute Gasteiger partial charge is 0.370 e. The normalized spacial score (nSPS) is 18.4. The van der Waals surface area contributed by atoms with Crippen molar-refractivity contribution < 1.29 is 14.6 Å². The molecule has 0 saturated carbocycles. The molecule has 2 fully saturated rings. The third-order valence-corrected chi connectivity index (χ3v) is 5.58. The number of rotatable bonds is 6. The van der Waals surface area contributed by atoms with Crippen molar-refractivity contribution in [3.05, 3.63) is 34.4 Å². The lowest BCUT2D eigenvalue weighted by Gasteiger charge is -2.37. The van der Waals surface area contributed by atoms with E-state index in [2.05, 4.69) is 15.1 Å². The molecule has 27 heavy (non-hydrogen) atoms. The van der Waals surface area contributed by atoms with Gasteiger partial charge in [-0.05, 0) is 24.4 Å². The van der Waals surface area contributed by atoms with Gasteiger partial charge >= 0.3 is 0 Å². The molecule has 0 amide bonds. The van der Waals surface area contributed by atoms with Gasteiger partial charge in [0.15, 0.2) is 5.11 Å². The molecule has 0 atom stereocenters. The summed E-state index contributed by atoms with van der Waals surface area (Å²) in [6.07, 6.45) is 1.11. The lowest BCUT2D eigenvalue weighted by atomic mass is 10.2. The van der Waals surface area contributed by atoms with Crippen LogP contribution in [-0.2, 0) is 4.74 Å². The van der Waals surface area contributed by atoms with E-state index < -0.39 is 0 Å². The van der Waals surface area contributed by atoms with E-state index in [-0.39, 0.29) is 10.6 Å². The summed E-state index contributed by atoms with van der Waals surface area (Å²) in [5, 5.41) is 15.0. The maximum absolute atomic E-state index is 10.8. The molecule has 2 N–H and O–H groups in total. The van der Waals surface area contributed by atoms with Crippen LogP contribution in [0.2, 0.25) is 0 Å². The molecule has 2 saturated heterocycles. The maximum atomic E-state index is 10.8. The van der Waals surface area contributed by atoms with Gasteiger partial charge in [0.05, 0.1) is 24.7 Å². The van der Waals surface area contributed by atoms with E-state index >= 15 is 0 Å². The van der Waals surface area contributed by atoms with Gasteiger partial charge in [-0.25, -0.2) is 0 Å². The van der Waals surface area contributed by atoms with Crippen LogP contribution in [0.5, 0.6) is 0 Å². The number of thiocarbonyl (C=S) groups is 1. The maximum Gasteiger partial charge on any atom is 0.269 e. The van der Waals surface area contributed by atoms with Crippen LogP contribution < -0.4 is 15.1 Å². The van der Waals surface area contributed by atoms with E-state index in [9.17, 15) is 10.1 Å². The van der Waals surface area contributed by atoms with Crippen LogP contribution in [0.15, 0.2) is 24.3 Å². The lowest BCUT2D eigenvalue weighted by molar-refractivity contribution is -0.908. The van der Waals surface area contributed by atoms with Crippen LogP contribution in [0.3, 0.4) is 0 Å². The molecule has 0 bridgehead atoms. The van der Waals surface area contributed by atoms with Gasteiger partial charge in [0.2, 0.25) is 0 Å². The highest BCUT2D eigenvalue weighted by molar-refractivity contribution is 7.80. The first kappa shape index (κ1) is 19.8. The molecule has 0 unspecified atom stereocenters. The fourth-order valence-electron chi connectivity index (χ4n) is 3.51. The molecule has 2 aliphatic heterocycles. The molecule has 148 valence electrons. The predicted octanol–water partition coefficient (Wildman–Crippen LogP) is -0.103. The number of nitro groups is 1. The average Bonchev–Trinajstić information content (AvgIpc) is 2.72. The lowest BCUT2D eigenvalue weighted by Crippen LogP contribution is -3.14. The molecule has 2 heterocycles. The van der Waals surface area contributed by atoms with E-state index in [1.54, 1.807) is 17.0 Å². The average molecular weight is 395 g/mol. The summed E-state index contributed by atoms with van der Waals surface area (Å²) in [5.74, 6) is 0. The van der Waals surface area contributed by atoms with Crippen LogP contribution in [0, 0.1) is 10.1 Å². The van der Waals surface area contributed by atoms with Gasteiger partial charge < -0.3 is 24.8 Å². The number of morpholine rings is 1. The number of nitrogens with zero attached hydrogens (tertiary/aromatic N) is 3. The molecule has 8 nitrogen and oxygen atoms in total. The number of hydrogen-bond donors (Lipinski definition) is 2. The topological polar surface area (TPSA) is 75.3 Å². The molecule has 3 rings (SSSR count). The SMILES string of the molecule is O=[N+]([O-])c1ccc(N2CCN(C(=S)NCCC[NH+]3CCOCC3)CC2)cc1. The Morgan fingerprint density at radius 2 is 1.85 bits per heavy atom. The molecular formula is C18H28N5O3S+. The van der Waals surface area contributed by atoms with Crippen molar-refractivity contribution in [2.24, 2.45) is 0 Å². The Labute approximate surface area is 165 Å². The summed E-state index contributed by atoms with van der Waals surface area (Å²) in [6, 6.07) is 6.76. The van der Waals surface area contributed by atoms with Crippen molar-refractivity contribution in [2.45, 2.75) is 6.42 Å². The van der Waals surface area contributed by atoms with Crippen molar-refractivity contribution in [3.63, 3.8) is 0 Å². The number of nitrogens with one attached hydrogen (secondary N) is 2. The number of anilines is 1. The second-order valence-electron chi connectivity index (χ2n) is 6.95. The second kappa shape index (κ2) is 9.82. The van der Waals surface area contributed by atoms with E-state index in [0.717, 1.165) is 82.8 Å². The number of ether oxygens (including phenoxy) is 1. The molecular weight excluding hydrogens is 366 g/mol. The van der Waals surface area contributed by atoms with Crippen molar-refractivity contribution in [1.82, 2.24) is 10.2 Å². The molecule has 0 radical (unpaired) electrons. The predicted molar refractivity (Wildman–Crippen MR) is 108 cm³/mol. The number of quaternary nitrogens is 1. The Balaban J connectivity index is 1.35. The molecule has 1 aromatic rings. The summed E-state index contributed by atoms with van der Waals surface area (Å²) in [6.45, 7) is 9.47. The van der Waals surface area contributed by atoms with Crippen LogP contribution in [0.4, 0.5) is 11.4 Å². The first-order valence-electron chi connectivity index (χ1n) is 9.57.